The largest absolute Gasteiger partial charge is 0.494 e. The summed E-state index contributed by atoms with van der Waals surface area (Å²) in [6, 6.07) is 3.31. The Morgan fingerprint density at radius 1 is 1.26 bits per heavy atom. The maximum atomic E-state index is 12.8. The van der Waals surface area contributed by atoms with E-state index in [0.717, 1.165) is 12.8 Å². The molecule has 0 unspecified atom stereocenters. The second kappa shape index (κ2) is 7.88. The van der Waals surface area contributed by atoms with Crippen molar-refractivity contribution in [1.29, 1.82) is 0 Å². The highest BCUT2D eigenvalue weighted by Crippen LogP contribution is 2.35. The van der Waals surface area contributed by atoms with E-state index in [1.54, 1.807) is 17.0 Å². The van der Waals surface area contributed by atoms with E-state index in [0.29, 0.717) is 35.3 Å². The fourth-order valence-corrected chi connectivity index (χ4v) is 3.11. The molecule has 7 heteroatoms. The van der Waals surface area contributed by atoms with Crippen molar-refractivity contribution < 1.29 is 14.3 Å². The van der Waals surface area contributed by atoms with E-state index in [4.69, 9.17) is 27.9 Å². The number of nitrogens with zero attached hydrogens (tertiary/aromatic N) is 1. The molecule has 0 radical (unpaired) electrons. The number of hydrogen-bond acceptors (Lipinski definition) is 3. The van der Waals surface area contributed by atoms with Crippen molar-refractivity contribution in [3.05, 3.63) is 27.7 Å². The lowest BCUT2D eigenvalue weighted by Gasteiger charge is -2.33. The summed E-state index contributed by atoms with van der Waals surface area (Å²) in [6.45, 7) is 2.93. The van der Waals surface area contributed by atoms with Gasteiger partial charge in [-0.3, -0.25) is 9.59 Å². The molecule has 1 saturated heterocycles. The molecule has 0 saturated carbocycles. The molecule has 0 aromatic heterocycles. The summed E-state index contributed by atoms with van der Waals surface area (Å²) in [7, 11) is 1.46. The number of carbonyl (C=O) groups excluding carboxylic acids is 2. The summed E-state index contributed by atoms with van der Waals surface area (Å²) in [5.41, 5.74) is 0.290. The number of rotatable bonds is 4. The average Bonchev–Trinajstić information content (AvgIpc) is 2.56. The molecule has 1 aromatic rings. The van der Waals surface area contributed by atoms with Crippen molar-refractivity contribution >= 4 is 35.0 Å². The van der Waals surface area contributed by atoms with E-state index in [1.807, 2.05) is 6.92 Å². The normalized spacial score (nSPS) is 15.4. The van der Waals surface area contributed by atoms with E-state index in [9.17, 15) is 9.59 Å². The molecular formula is C16H20Cl2N2O3. The molecule has 126 valence electrons. The zero-order valence-corrected chi connectivity index (χ0v) is 14.7. The van der Waals surface area contributed by atoms with Crippen LogP contribution in [-0.4, -0.2) is 43.0 Å². The number of benzene rings is 1. The first-order chi connectivity index (χ1) is 11.0. The van der Waals surface area contributed by atoms with Gasteiger partial charge in [0.2, 0.25) is 5.91 Å². The second-order valence-electron chi connectivity index (χ2n) is 5.42. The number of carbonyl (C=O) groups is 2. The van der Waals surface area contributed by atoms with Gasteiger partial charge in [-0.2, -0.15) is 0 Å². The highest BCUT2D eigenvalue weighted by Gasteiger charge is 2.28. The number of likely N-dealkylation sites (tertiary alicyclic amines) is 1. The Balaban J connectivity index is 2.09. The van der Waals surface area contributed by atoms with Crippen LogP contribution in [0.1, 0.15) is 36.5 Å². The minimum Gasteiger partial charge on any atom is -0.494 e. The molecule has 0 bridgehead atoms. The van der Waals surface area contributed by atoms with E-state index in [1.165, 1.54) is 7.11 Å². The van der Waals surface area contributed by atoms with E-state index in [2.05, 4.69) is 5.32 Å². The zero-order valence-electron chi connectivity index (χ0n) is 13.2. The molecule has 1 aromatic carbocycles. The van der Waals surface area contributed by atoms with Crippen LogP contribution in [0.15, 0.2) is 12.1 Å². The summed E-state index contributed by atoms with van der Waals surface area (Å²) < 4.78 is 5.24. The molecule has 1 heterocycles. The minimum atomic E-state index is -0.199. The van der Waals surface area contributed by atoms with Gasteiger partial charge in [-0.05, 0) is 25.0 Å². The van der Waals surface area contributed by atoms with Crippen LogP contribution >= 0.6 is 23.2 Å². The number of nitrogens with one attached hydrogen (secondary N) is 1. The van der Waals surface area contributed by atoms with Crippen LogP contribution in [0.25, 0.3) is 0 Å². The zero-order chi connectivity index (χ0) is 17.0. The van der Waals surface area contributed by atoms with Gasteiger partial charge in [0.25, 0.3) is 5.91 Å². The van der Waals surface area contributed by atoms with E-state index >= 15 is 0 Å². The van der Waals surface area contributed by atoms with Crippen LogP contribution in [0.3, 0.4) is 0 Å². The Morgan fingerprint density at radius 2 is 1.87 bits per heavy atom. The molecule has 1 aliphatic heterocycles. The maximum Gasteiger partial charge on any atom is 0.259 e. The molecular weight excluding hydrogens is 339 g/mol. The number of piperidine rings is 1. The van der Waals surface area contributed by atoms with Gasteiger partial charge in [-0.15, -0.1) is 0 Å². The second-order valence-corrected chi connectivity index (χ2v) is 6.24. The first-order valence-corrected chi connectivity index (χ1v) is 8.34. The van der Waals surface area contributed by atoms with Crippen LogP contribution in [0.4, 0.5) is 0 Å². The standard InChI is InChI=1S/C16H20Cl2N2O3/c1-3-13(21)19-10-6-8-20(9-7-10)16(22)14-11(17)4-5-12(18)15(14)23-2/h4-5,10H,3,6-9H2,1-2H3,(H,19,21). The van der Waals surface area contributed by atoms with Crippen LogP contribution in [0.5, 0.6) is 5.75 Å². The highest BCUT2D eigenvalue weighted by molar-refractivity contribution is 6.37. The lowest BCUT2D eigenvalue weighted by molar-refractivity contribution is -0.121. The molecule has 23 heavy (non-hydrogen) atoms. The van der Waals surface area contributed by atoms with Gasteiger partial charge in [0.1, 0.15) is 5.56 Å². The van der Waals surface area contributed by atoms with Crippen molar-refractivity contribution in [3.8, 4) is 5.75 Å². The van der Waals surface area contributed by atoms with Gasteiger partial charge in [0.05, 0.1) is 17.2 Å². The van der Waals surface area contributed by atoms with Gasteiger partial charge in [-0.1, -0.05) is 30.1 Å². The fourth-order valence-electron chi connectivity index (χ4n) is 2.65. The molecule has 1 fully saturated rings. The molecule has 5 nitrogen and oxygen atoms in total. The van der Waals surface area contributed by atoms with Crippen LogP contribution < -0.4 is 10.1 Å². The number of amides is 2. The number of halogens is 2. The van der Waals surface area contributed by atoms with E-state index < -0.39 is 0 Å². The Morgan fingerprint density at radius 3 is 2.43 bits per heavy atom. The minimum absolute atomic E-state index is 0.0364. The molecule has 0 atom stereocenters. The highest BCUT2D eigenvalue weighted by atomic mass is 35.5. The van der Waals surface area contributed by atoms with Gasteiger partial charge in [0.15, 0.2) is 5.75 Å². The quantitative estimate of drug-likeness (QED) is 0.899. The average molecular weight is 359 g/mol. The third-order valence-corrected chi connectivity index (χ3v) is 4.56. The fraction of sp³-hybridized carbons (Fsp3) is 0.500. The predicted molar refractivity (Wildman–Crippen MR) is 90.4 cm³/mol. The Hall–Kier alpha value is -1.46. The Bertz CT molecular complexity index is 599. The summed E-state index contributed by atoms with van der Waals surface area (Å²) >= 11 is 12.2. The first kappa shape index (κ1) is 17.9. The van der Waals surface area contributed by atoms with Crippen molar-refractivity contribution in [1.82, 2.24) is 10.2 Å². The topological polar surface area (TPSA) is 58.6 Å². The smallest absolute Gasteiger partial charge is 0.259 e. The lowest BCUT2D eigenvalue weighted by atomic mass is 10.0. The molecule has 1 aliphatic rings. The van der Waals surface area contributed by atoms with Crippen molar-refractivity contribution in [3.63, 3.8) is 0 Å². The van der Waals surface area contributed by atoms with Gasteiger partial charge in [0, 0.05) is 25.6 Å². The Labute approximate surface area is 145 Å². The molecule has 2 amide bonds. The summed E-state index contributed by atoms with van der Waals surface area (Å²) in [6.07, 6.45) is 1.91. The molecule has 1 N–H and O–H groups in total. The lowest BCUT2D eigenvalue weighted by Crippen LogP contribution is -2.46. The predicted octanol–water partition coefficient (Wildman–Crippen LogP) is 3.13. The number of ether oxygens (including phenoxy) is 1. The van der Waals surface area contributed by atoms with Gasteiger partial charge >= 0.3 is 0 Å². The molecule has 0 spiro atoms. The van der Waals surface area contributed by atoms with Gasteiger partial charge < -0.3 is 15.0 Å². The van der Waals surface area contributed by atoms with Crippen LogP contribution in [0.2, 0.25) is 10.0 Å². The molecule has 0 aliphatic carbocycles. The van der Waals surface area contributed by atoms with Crippen molar-refractivity contribution in [2.45, 2.75) is 32.2 Å². The van der Waals surface area contributed by atoms with Crippen LogP contribution in [-0.2, 0) is 4.79 Å². The maximum absolute atomic E-state index is 12.8. The first-order valence-electron chi connectivity index (χ1n) is 7.58. The van der Waals surface area contributed by atoms with Crippen molar-refractivity contribution in [2.75, 3.05) is 20.2 Å². The summed E-state index contributed by atoms with van der Waals surface area (Å²) in [5.74, 6) is 0.134. The SMILES string of the molecule is CCC(=O)NC1CCN(C(=O)c2c(Cl)ccc(Cl)c2OC)CC1. The third kappa shape index (κ3) is 4.09. The monoisotopic (exact) mass is 358 g/mol. The summed E-state index contributed by atoms with van der Waals surface area (Å²) in [4.78, 5) is 25.9. The van der Waals surface area contributed by atoms with E-state index in [-0.39, 0.29) is 23.4 Å². The van der Waals surface area contributed by atoms with Crippen LogP contribution in [0, 0.1) is 0 Å². The number of methoxy groups -OCH3 is 1. The van der Waals surface area contributed by atoms with Crippen molar-refractivity contribution in [2.24, 2.45) is 0 Å². The number of hydrogen-bond donors (Lipinski definition) is 1. The summed E-state index contributed by atoms with van der Waals surface area (Å²) in [5, 5.41) is 3.63. The molecule has 2 rings (SSSR count). The Kier molecular flexibility index (Phi) is 6.13. The van der Waals surface area contributed by atoms with Gasteiger partial charge in [-0.25, -0.2) is 0 Å². The third-order valence-electron chi connectivity index (χ3n) is 3.95.